The SMILES string of the molecule is O=C(N[C@@H]1CNC[C@H]1O)O[C@@H](CF)C(F)F. The number of rotatable bonds is 4. The third kappa shape index (κ3) is 3.53. The van der Waals surface area contributed by atoms with Gasteiger partial charge in [0.25, 0.3) is 6.43 Å². The van der Waals surface area contributed by atoms with Crippen LogP contribution < -0.4 is 10.6 Å². The van der Waals surface area contributed by atoms with Crippen molar-refractivity contribution in [2.75, 3.05) is 19.8 Å². The quantitative estimate of drug-likeness (QED) is 0.630. The molecule has 1 saturated heterocycles. The summed E-state index contributed by atoms with van der Waals surface area (Å²) >= 11 is 0. The number of alkyl carbamates (subject to hydrolysis) is 1. The van der Waals surface area contributed by atoms with Gasteiger partial charge in [-0.05, 0) is 0 Å². The van der Waals surface area contributed by atoms with E-state index in [1.54, 1.807) is 0 Å². The van der Waals surface area contributed by atoms with E-state index < -0.39 is 37.4 Å². The number of alkyl halides is 3. The van der Waals surface area contributed by atoms with Gasteiger partial charge in [0.1, 0.15) is 6.67 Å². The summed E-state index contributed by atoms with van der Waals surface area (Å²) < 4.78 is 40.3. The van der Waals surface area contributed by atoms with E-state index in [4.69, 9.17) is 0 Å². The van der Waals surface area contributed by atoms with Crippen LogP contribution in [-0.2, 0) is 4.74 Å². The Balaban J connectivity index is 2.34. The van der Waals surface area contributed by atoms with Crippen molar-refractivity contribution in [2.24, 2.45) is 0 Å². The minimum Gasteiger partial charge on any atom is -0.437 e. The van der Waals surface area contributed by atoms with E-state index in [9.17, 15) is 23.1 Å². The summed E-state index contributed by atoms with van der Waals surface area (Å²) in [6.07, 6.45) is -7.09. The van der Waals surface area contributed by atoms with Gasteiger partial charge >= 0.3 is 6.09 Å². The Kier molecular flexibility index (Phi) is 4.81. The predicted molar refractivity (Wildman–Crippen MR) is 48.0 cm³/mol. The highest BCUT2D eigenvalue weighted by molar-refractivity contribution is 5.68. The summed E-state index contributed by atoms with van der Waals surface area (Å²) in [6, 6.07) is -0.606. The van der Waals surface area contributed by atoms with Crippen molar-refractivity contribution in [3.63, 3.8) is 0 Å². The number of aliphatic hydroxyl groups is 1. The average Bonchev–Trinajstić information content (AvgIpc) is 2.60. The zero-order valence-electron chi connectivity index (χ0n) is 8.33. The zero-order chi connectivity index (χ0) is 12.1. The predicted octanol–water partition coefficient (Wildman–Crippen LogP) is -0.352. The Bertz CT molecular complexity index is 237. The molecule has 3 atom stereocenters. The third-order valence-corrected chi connectivity index (χ3v) is 2.18. The first kappa shape index (κ1) is 13.0. The summed E-state index contributed by atoms with van der Waals surface area (Å²) in [5.74, 6) is 0. The second-order valence-corrected chi connectivity index (χ2v) is 3.41. The largest absolute Gasteiger partial charge is 0.437 e. The van der Waals surface area contributed by atoms with Crippen molar-refractivity contribution in [3.05, 3.63) is 0 Å². The molecule has 0 radical (unpaired) electrons. The molecule has 1 aliphatic rings. The second-order valence-electron chi connectivity index (χ2n) is 3.41. The van der Waals surface area contributed by atoms with Gasteiger partial charge in [-0.25, -0.2) is 18.0 Å². The molecule has 0 bridgehead atoms. The summed E-state index contributed by atoms with van der Waals surface area (Å²) in [6.45, 7) is -0.839. The molecule has 0 aromatic rings. The first-order valence-corrected chi connectivity index (χ1v) is 4.74. The van der Waals surface area contributed by atoms with Crippen LogP contribution in [0.2, 0.25) is 0 Å². The normalized spacial score (nSPS) is 26.8. The maximum absolute atomic E-state index is 12.0. The number of carbonyl (C=O) groups excluding carboxylic acids is 1. The fourth-order valence-electron chi connectivity index (χ4n) is 1.29. The third-order valence-electron chi connectivity index (χ3n) is 2.18. The van der Waals surface area contributed by atoms with Crippen LogP contribution in [0.25, 0.3) is 0 Å². The molecule has 1 heterocycles. The highest BCUT2D eigenvalue weighted by Gasteiger charge is 2.29. The minimum absolute atomic E-state index is 0.298. The Morgan fingerprint density at radius 1 is 1.56 bits per heavy atom. The molecule has 1 aliphatic heterocycles. The van der Waals surface area contributed by atoms with E-state index in [1.807, 2.05) is 0 Å². The smallest absolute Gasteiger partial charge is 0.408 e. The first-order chi connectivity index (χ1) is 7.54. The van der Waals surface area contributed by atoms with E-state index in [2.05, 4.69) is 15.4 Å². The summed E-state index contributed by atoms with van der Waals surface area (Å²) in [5.41, 5.74) is 0. The van der Waals surface area contributed by atoms with Crippen molar-refractivity contribution in [2.45, 2.75) is 24.7 Å². The molecule has 1 fully saturated rings. The number of carbonyl (C=O) groups is 1. The molecular weight excluding hydrogens is 229 g/mol. The molecule has 0 aromatic carbocycles. The average molecular weight is 242 g/mol. The topological polar surface area (TPSA) is 70.6 Å². The molecule has 0 spiro atoms. The van der Waals surface area contributed by atoms with Gasteiger partial charge in [0.15, 0.2) is 6.10 Å². The van der Waals surface area contributed by atoms with Gasteiger partial charge in [-0.1, -0.05) is 0 Å². The van der Waals surface area contributed by atoms with E-state index in [1.165, 1.54) is 0 Å². The molecule has 1 amide bonds. The fraction of sp³-hybridized carbons (Fsp3) is 0.875. The van der Waals surface area contributed by atoms with E-state index in [-0.39, 0.29) is 0 Å². The lowest BCUT2D eigenvalue weighted by molar-refractivity contribution is -0.0301. The zero-order valence-corrected chi connectivity index (χ0v) is 8.33. The molecule has 0 aliphatic carbocycles. The number of hydrogen-bond donors (Lipinski definition) is 3. The Morgan fingerprint density at radius 2 is 2.25 bits per heavy atom. The van der Waals surface area contributed by atoms with Gasteiger partial charge in [-0.3, -0.25) is 0 Å². The lowest BCUT2D eigenvalue weighted by atomic mass is 10.2. The highest BCUT2D eigenvalue weighted by Crippen LogP contribution is 2.07. The fourth-order valence-corrected chi connectivity index (χ4v) is 1.29. The molecular formula is C8H13F3N2O3. The molecule has 1 rings (SSSR count). The summed E-state index contributed by atoms with van der Waals surface area (Å²) in [7, 11) is 0. The van der Waals surface area contributed by atoms with E-state index in [0.717, 1.165) is 0 Å². The summed E-state index contributed by atoms with van der Waals surface area (Å²) in [4.78, 5) is 11.0. The molecule has 94 valence electrons. The number of amides is 1. The maximum atomic E-state index is 12.0. The summed E-state index contributed by atoms with van der Waals surface area (Å²) in [5, 5.41) is 14.2. The van der Waals surface area contributed by atoms with Crippen LogP contribution in [0.3, 0.4) is 0 Å². The lowest BCUT2D eigenvalue weighted by Gasteiger charge is -2.18. The number of ether oxygens (including phenoxy) is 1. The van der Waals surface area contributed by atoms with Crippen LogP contribution in [0.5, 0.6) is 0 Å². The highest BCUT2D eigenvalue weighted by atomic mass is 19.3. The number of β-amino-alcohol motifs (C(OH)–C–C–N with tert-alkyl or cyclic N) is 1. The molecule has 5 nitrogen and oxygen atoms in total. The molecule has 16 heavy (non-hydrogen) atoms. The van der Waals surface area contributed by atoms with Gasteiger partial charge in [-0.15, -0.1) is 0 Å². The van der Waals surface area contributed by atoms with Crippen LogP contribution in [0.1, 0.15) is 0 Å². The minimum atomic E-state index is -3.07. The van der Waals surface area contributed by atoms with Gasteiger partial charge < -0.3 is 20.5 Å². The van der Waals surface area contributed by atoms with Gasteiger partial charge in [0.2, 0.25) is 0 Å². The molecule has 0 saturated carbocycles. The molecule has 0 aromatic heterocycles. The van der Waals surface area contributed by atoms with Crippen LogP contribution in [-0.4, -0.2) is 55.6 Å². The monoisotopic (exact) mass is 242 g/mol. The van der Waals surface area contributed by atoms with Crippen LogP contribution in [0, 0.1) is 0 Å². The second kappa shape index (κ2) is 5.90. The van der Waals surface area contributed by atoms with E-state index in [0.29, 0.717) is 13.1 Å². The Labute approximate surface area is 90.0 Å². The number of halogens is 3. The Hall–Kier alpha value is -1.02. The van der Waals surface area contributed by atoms with Crippen molar-refractivity contribution in [1.82, 2.24) is 10.6 Å². The van der Waals surface area contributed by atoms with Crippen molar-refractivity contribution in [1.29, 1.82) is 0 Å². The standard InChI is InChI=1S/C8H13F3N2O3/c9-1-6(7(10)11)16-8(15)13-4-2-12-3-5(4)14/h4-7,12,14H,1-3H2,(H,13,15)/t4-,5-,6+/m1/s1. The molecule has 3 N–H and O–H groups in total. The molecule has 8 heteroatoms. The molecule has 0 unspecified atom stereocenters. The van der Waals surface area contributed by atoms with Crippen LogP contribution in [0.15, 0.2) is 0 Å². The Morgan fingerprint density at radius 3 is 2.69 bits per heavy atom. The van der Waals surface area contributed by atoms with Crippen molar-refractivity contribution in [3.8, 4) is 0 Å². The lowest BCUT2D eigenvalue weighted by Crippen LogP contribution is -2.45. The van der Waals surface area contributed by atoms with Crippen LogP contribution >= 0.6 is 0 Å². The van der Waals surface area contributed by atoms with Gasteiger partial charge in [0, 0.05) is 13.1 Å². The van der Waals surface area contributed by atoms with Gasteiger partial charge in [-0.2, -0.15) is 0 Å². The van der Waals surface area contributed by atoms with Crippen LogP contribution in [0.4, 0.5) is 18.0 Å². The number of nitrogens with one attached hydrogen (secondary N) is 2. The van der Waals surface area contributed by atoms with E-state index >= 15 is 0 Å². The van der Waals surface area contributed by atoms with Crippen molar-refractivity contribution < 1.29 is 27.8 Å². The van der Waals surface area contributed by atoms with Gasteiger partial charge in [0.05, 0.1) is 12.1 Å². The number of aliphatic hydroxyl groups excluding tert-OH is 1. The van der Waals surface area contributed by atoms with Crippen molar-refractivity contribution >= 4 is 6.09 Å². The first-order valence-electron chi connectivity index (χ1n) is 4.74. The maximum Gasteiger partial charge on any atom is 0.408 e. The number of hydrogen-bond acceptors (Lipinski definition) is 4.